The maximum atomic E-state index is 11.6. The Morgan fingerprint density at radius 1 is 1.14 bits per heavy atom. The van der Waals surface area contributed by atoms with E-state index < -0.39 is 10.0 Å². The maximum absolute atomic E-state index is 11.6. The standard InChI is InChI=1S/C14H18N4O3S/c1-21-14-12-9-11(3-4-13(12)15-10-16-14)17-5-7-18(8-6-17)22(2,19)20/h3-4,9-10H,5-8H2,1-2H3. The van der Waals surface area contributed by atoms with Gasteiger partial charge in [0.05, 0.1) is 24.3 Å². The van der Waals surface area contributed by atoms with Crippen LogP contribution >= 0.6 is 0 Å². The van der Waals surface area contributed by atoms with Crippen LogP contribution in [0.1, 0.15) is 0 Å². The van der Waals surface area contributed by atoms with Crippen LogP contribution in [0.5, 0.6) is 5.88 Å². The van der Waals surface area contributed by atoms with Gasteiger partial charge < -0.3 is 9.64 Å². The molecule has 0 amide bonds. The van der Waals surface area contributed by atoms with Crippen molar-refractivity contribution in [1.29, 1.82) is 0 Å². The minimum Gasteiger partial charge on any atom is -0.480 e. The van der Waals surface area contributed by atoms with Crippen LogP contribution in [-0.4, -0.2) is 62.2 Å². The van der Waals surface area contributed by atoms with Gasteiger partial charge in [0.25, 0.3) is 0 Å². The van der Waals surface area contributed by atoms with Gasteiger partial charge in [-0.25, -0.2) is 18.4 Å². The summed E-state index contributed by atoms with van der Waals surface area (Å²) in [5, 5.41) is 0.855. The molecule has 1 aromatic heterocycles. The summed E-state index contributed by atoms with van der Waals surface area (Å²) in [4.78, 5) is 10.5. The molecule has 0 aliphatic carbocycles. The number of anilines is 1. The number of hydrogen-bond acceptors (Lipinski definition) is 6. The van der Waals surface area contributed by atoms with Crippen molar-refractivity contribution in [2.75, 3.05) is 44.4 Å². The maximum Gasteiger partial charge on any atom is 0.224 e. The lowest BCUT2D eigenvalue weighted by Gasteiger charge is -2.34. The van der Waals surface area contributed by atoms with Crippen molar-refractivity contribution in [3.63, 3.8) is 0 Å². The van der Waals surface area contributed by atoms with E-state index in [4.69, 9.17) is 4.74 Å². The van der Waals surface area contributed by atoms with Gasteiger partial charge in [0.2, 0.25) is 15.9 Å². The van der Waals surface area contributed by atoms with Gasteiger partial charge in [0.1, 0.15) is 6.33 Å². The monoisotopic (exact) mass is 322 g/mol. The van der Waals surface area contributed by atoms with Crippen LogP contribution in [0.15, 0.2) is 24.5 Å². The summed E-state index contributed by atoms with van der Waals surface area (Å²) >= 11 is 0. The van der Waals surface area contributed by atoms with Crippen LogP contribution in [-0.2, 0) is 10.0 Å². The average Bonchev–Trinajstić information content (AvgIpc) is 2.53. The molecule has 3 rings (SSSR count). The highest BCUT2D eigenvalue weighted by Crippen LogP contribution is 2.27. The zero-order chi connectivity index (χ0) is 15.7. The second-order valence-electron chi connectivity index (χ2n) is 5.23. The molecule has 0 saturated carbocycles. The number of nitrogens with zero attached hydrogens (tertiary/aromatic N) is 4. The largest absolute Gasteiger partial charge is 0.480 e. The molecule has 0 radical (unpaired) electrons. The molecule has 1 fully saturated rings. The normalized spacial score (nSPS) is 16.9. The summed E-state index contributed by atoms with van der Waals surface area (Å²) in [5.41, 5.74) is 1.85. The van der Waals surface area contributed by atoms with Gasteiger partial charge in [-0.05, 0) is 18.2 Å². The molecule has 7 nitrogen and oxygen atoms in total. The Bertz CT molecular complexity index is 786. The van der Waals surface area contributed by atoms with E-state index in [1.54, 1.807) is 7.11 Å². The van der Waals surface area contributed by atoms with E-state index in [2.05, 4.69) is 14.9 Å². The third kappa shape index (κ3) is 2.84. The first-order chi connectivity index (χ1) is 10.5. The molecule has 0 unspecified atom stereocenters. The number of piperazine rings is 1. The zero-order valence-corrected chi connectivity index (χ0v) is 13.4. The van der Waals surface area contributed by atoms with Gasteiger partial charge >= 0.3 is 0 Å². The van der Waals surface area contributed by atoms with Crippen LogP contribution in [0.4, 0.5) is 5.69 Å². The molecule has 1 aliphatic rings. The summed E-state index contributed by atoms with van der Waals surface area (Å²) in [7, 11) is -1.53. The van der Waals surface area contributed by atoms with Crippen LogP contribution in [0.25, 0.3) is 10.9 Å². The lowest BCUT2D eigenvalue weighted by molar-refractivity contribution is 0.388. The average molecular weight is 322 g/mol. The molecule has 2 heterocycles. The van der Waals surface area contributed by atoms with E-state index in [0.717, 1.165) is 16.6 Å². The molecule has 1 aliphatic heterocycles. The van der Waals surface area contributed by atoms with Crippen molar-refractivity contribution in [2.45, 2.75) is 0 Å². The first-order valence-corrected chi connectivity index (χ1v) is 8.83. The lowest BCUT2D eigenvalue weighted by atomic mass is 10.2. The number of aromatic nitrogens is 2. The quantitative estimate of drug-likeness (QED) is 0.829. The van der Waals surface area contributed by atoms with E-state index in [1.807, 2.05) is 18.2 Å². The Morgan fingerprint density at radius 3 is 2.50 bits per heavy atom. The van der Waals surface area contributed by atoms with Gasteiger partial charge in [-0.15, -0.1) is 0 Å². The van der Waals surface area contributed by atoms with Crippen molar-refractivity contribution in [2.24, 2.45) is 0 Å². The molecule has 118 valence electrons. The summed E-state index contributed by atoms with van der Waals surface area (Å²) in [6, 6.07) is 5.91. The molecule has 22 heavy (non-hydrogen) atoms. The summed E-state index contributed by atoms with van der Waals surface area (Å²) in [6.07, 6.45) is 2.73. The topological polar surface area (TPSA) is 75.6 Å². The summed E-state index contributed by atoms with van der Waals surface area (Å²) in [5.74, 6) is 0.543. The highest BCUT2D eigenvalue weighted by atomic mass is 32.2. The van der Waals surface area contributed by atoms with Gasteiger partial charge in [0, 0.05) is 31.9 Å². The minimum absolute atomic E-state index is 0.499. The number of ether oxygens (including phenoxy) is 1. The van der Waals surface area contributed by atoms with E-state index in [0.29, 0.717) is 32.1 Å². The summed E-state index contributed by atoms with van der Waals surface area (Å²) in [6.45, 7) is 2.32. The Kier molecular flexibility index (Phi) is 3.88. The lowest BCUT2D eigenvalue weighted by Crippen LogP contribution is -2.48. The molecule has 1 saturated heterocycles. The van der Waals surface area contributed by atoms with Crippen molar-refractivity contribution in [3.8, 4) is 5.88 Å². The number of methoxy groups -OCH3 is 1. The van der Waals surface area contributed by atoms with Crippen molar-refractivity contribution in [3.05, 3.63) is 24.5 Å². The second-order valence-corrected chi connectivity index (χ2v) is 7.22. The predicted octanol–water partition coefficient (Wildman–Crippen LogP) is 0.720. The highest BCUT2D eigenvalue weighted by molar-refractivity contribution is 7.88. The van der Waals surface area contributed by atoms with Gasteiger partial charge in [-0.3, -0.25) is 0 Å². The fourth-order valence-corrected chi connectivity index (χ4v) is 3.48. The first kappa shape index (κ1) is 15.0. The fraction of sp³-hybridized carbons (Fsp3) is 0.429. The van der Waals surface area contributed by atoms with Crippen molar-refractivity contribution >= 4 is 26.6 Å². The van der Waals surface area contributed by atoms with E-state index in [-0.39, 0.29) is 0 Å². The molecule has 0 spiro atoms. The van der Waals surface area contributed by atoms with E-state index in [9.17, 15) is 8.42 Å². The Labute approximate surface area is 129 Å². The molecule has 0 N–H and O–H groups in total. The minimum atomic E-state index is -3.11. The van der Waals surface area contributed by atoms with Crippen LogP contribution < -0.4 is 9.64 Å². The second kappa shape index (κ2) is 5.69. The van der Waals surface area contributed by atoms with Crippen LogP contribution in [0.3, 0.4) is 0 Å². The number of fused-ring (bicyclic) bond motifs is 1. The van der Waals surface area contributed by atoms with Crippen molar-refractivity contribution < 1.29 is 13.2 Å². The van der Waals surface area contributed by atoms with E-state index in [1.165, 1.54) is 16.9 Å². The third-order valence-electron chi connectivity index (χ3n) is 3.85. The number of benzene rings is 1. The van der Waals surface area contributed by atoms with Gasteiger partial charge in [-0.2, -0.15) is 4.31 Å². The molecule has 1 aromatic carbocycles. The number of sulfonamides is 1. The molecule has 8 heteroatoms. The molecular weight excluding hydrogens is 304 g/mol. The summed E-state index contributed by atoms with van der Waals surface area (Å²) < 4.78 is 29.9. The fourth-order valence-electron chi connectivity index (χ4n) is 2.66. The molecule has 0 atom stereocenters. The van der Waals surface area contributed by atoms with E-state index >= 15 is 0 Å². The third-order valence-corrected chi connectivity index (χ3v) is 5.15. The first-order valence-electron chi connectivity index (χ1n) is 6.98. The number of rotatable bonds is 3. The Balaban J connectivity index is 1.86. The Morgan fingerprint density at radius 2 is 1.86 bits per heavy atom. The highest BCUT2D eigenvalue weighted by Gasteiger charge is 2.23. The zero-order valence-electron chi connectivity index (χ0n) is 12.6. The SMILES string of the molecule is COc1ncnc2ccc(N3CCN(S(C)(=O)=O)CC3)cc12. The molecule has 2 aromatic rings. The van der Waals surface area contributed by atoms with Gasteiger partial charge in [0.15, 0.2) is 0 Å². The molecule has 0 bridgehead atoms. The van der Waals surface area contributed by atoms with Crippen molar-refractivity contribution in [1.82, 2.24) is 14.3 Å². The van der Waals surface area contributed by atoms with Crippen LogP contribution in [0.2, 0.25) is 0 Å². The predicted molar refractivity (Wildman–Crippen MR) is 84.7 cm³/mol. The smallest absolute Gasteiger partial charge is 0.224 e. The van der Waals surface area contributed by atoms with Gasteiger partial charge in [-0.1, -0.05) is 0 Å². The molecular formula is C14H18N4O3S. The number of hydrogen-bond donors (Lipinski definition) is 0. The Hall–Kier alpha value is -1.93. The van der Waals surface area contributed by atoms with Crippen LogP contribution in [0, 0.1) is 0 Å².